The van der Waals surface area contributed by atoms with Crippen LogP contribution in [0.15, 0.2) is 30.3 Å². The van der Waals surface area contributed by atoms with Gasteiger partial charge in [0.25, 0.3) is 0 Å². The smallest absolute Gasteiger partial charge is 0.262 e. The Morgan fingerprint density at radius 1 is 1.38 bits per heavy atom. The van der Waals surface area contributed by atoms with Gasteiger partial charge in [0.1, 0.15) is 5.88 Å². The quantitative estimate of drug-likeness (QED) is 0.340. The summed E-state index contributed by atoms with van der Waals surface area (Å²) in [5.41, 5.74) is 0.400. The topological polar surface area (TPSA) is 43.1 Å². The summed E-state index contributed by atoms with van der Waals surface area (Å²) < 4.78 is 0. The molecule has 0 saturated heterocycles. The summed E-state index contributed by atoms with van der Waals surface area (Å²) >= 11 is 11.2. The van der Waals surface area contributed by atoms with Crippen molar-refractivity contribution in [2.45, 2.75) is 5.00 Å². The van der Waals surface area contributed by atoms with E-state index in [-0.39, 0.29) is 5.88 Å². The molecule has 1 aromatic rings. The van der Waals surface area contributed by atoms with Crippen molar-refractivity contribution in [1.82, 2.24) is 0 Å². The average Bonchev–Trinajstić information content (AvgIpc) is 2.17. The molecule has 0 aromatic heterocycles. The Morgan fingerprint density at radius 3 is 2.31 bits per heavy atom. The molecule has 0 amide bonds. The van der Waals surface area contributed by atoms with E-state index in [9.17, 15) is 10.1 Å². The van der Waals surface area contributed by atoms with Crippen LogP contribution in [-0.2, 0) is 5.00 Å². The standard InChI is InChI=1S/C8H7Cl2NO2/c9-6-8(10,11(12)13)7-4-2-1-3-5-7/h1-5H,6H2. The molecule has 0 aliphatic carbocycles. The van der Waals surface area contributed by atoms with Crippen LogP contribution in [0.2, 0.25) is 0 Å². The Balaban J connectivity index is 3.11. The number of hydrogen-bond donors (Lipinski definition) is 0. The van der Waals surface area contributed by atoms with Crippen LogP contribution in [0.3, 0.4) is 0 Å². The fourth-order valence-electron chi connectivity index (χ4n) is 0.925. The molecule has 0 aliphatic rings. The zero-order chi connectivity index (χ0) is 9.90. The maximum Gasteiger partial charge on any atom is 0.333 e. The van der Waals surface area contributed by atoms with Crippen molar-refractivity contribution in [1.29, 1.82) is 0 Å². The van der Waals surface area contributed by atoms with Crippen molar-refractivity contribution in [2.24, 2.45) is 0 Å². The second kappa shape index (κ2) is 3.94. The number of rotatable bonds is 3. The number of halogens is 2. The van der Waals surface area contributed by atoms with Gasteiger partial charge in [-0.15, -0.1) is 11.6 Å². The predicted molar refractivity (Wildman–Crippen MR) is 51.7 cm³/mol. The van der Waals surface area contributed by atoms with Crippen molar-refractivity contribution in [3.05, 3.63) is 46.0 Å². The Labute approximate surface area is 85.4 Å². The first-order valence-corrected chi connectivity index (χ1v) is 4.47. The molecule has 3 nitrogen and oxygen atoms in total. The van der Waals surface area contributed by atoms with Gasteiger partial charge in [-0.1, -0.05) is 30.3 Å². The third-order valence-corrected chi connectivity index (χ3v) is 2.70. The molecule has 0 heterocycles. The van der Waals surface area contributed by atoms with Crippen LogP contribution < -0.4 is 0 Å². The normalized spacial score (nSPS) is 14.9. The molecule has 0 aliphatic heterocycles. The molecule has 1 atom stereocenters. The highest BCUT2D eigenvalue weighted by atomic mass is 35.5. The lowest BCUT2D eigenvalue weighted by Gasteiger charge is -2.15. The van der Waals surface area contributed by atoms with Gasteiger partial charge in [0.2, 0.25) is 0 Å². The Morgan fingerprint density at radius 2 is 1.92 bits per heavy atom. The molecular weight excluding hydrogens is 213 g/mol. The van der Waals surface area contributed by atoms with Crippen LogP contribution >= 0.6 is 23.2 Å². The molecule has 0 bridgehead atoms. The summed E-state index contributed by atoms with van der Waals surface area (Å²) in [6, 6.07) is 8.29. The van der Waals surface area contributed by atoms with E-state index in [1.165, 1.54) is 0 Å². The average molecular weight is 220 g/mol. The summed E-state index contributed by atoms with van der Waals surface area (Å²) in [4.78, 5) is 8.35. The van der Waals surface area contributed by atoms with Gasteiger partial charge in [-0.3, -0.25) is 10.1 Å². The lowest BCUT2D eigenvalue weighted by atomic mass is 10.1. The molecule has 0 N–H and O–H groups in total. The van der Waals surface area contributed by atoms with E-state index < -0.39 is 9.92 Å². The highest BCUT2D eigenvalue weighted by Crippen LogP contribution is 2.30. The molecule has 0 fully saturated rings. The van der Waals surface area contributed by atoms with E-state index in [4.69, 9.17) is 23.2 Å². The molecular formula is C8H7Cl2NO2. The van der Waals surface area contributed by atoms with E-state index in [0.29, 0.717) is 5.56 Å². The Hall–Kier alpha value is -0.800. The molecule has 0 spiro atoms. The summed E-state index contributed by atoms with van der Waals surface area (Å²) in [7, 11) is 0. The third-order valence-electron chi connectivity index (χ3n) is 1.68. The second-order valence-electron chi connectivity index (χ2n) is 2.52. The van der Waals surface area contributed by atoms with E-state index in [2.05, 4.69) is 0 Å². The molecule has 70 valence electrons. The van der Waals surface area contributed by atoms with Crippen molar-refractivity contribution >= 4 is 23.2 Å². The van der Waals surface area contributed by atoms with Gasteiger partial charge >= 0.3 is 5.00 Å². The molecule has 1 rings (SSSR count). The van der Waals surface area contributed by atoms with Gasteiger partial charge < -0.3 is 0 Å². The lowest BCUT2D eigenvalue weighted by molar-refractivity contribution is -0.544. The lowest BCUT2D eigenvalue weighted by Crippen LogP contribution is -2.30. The fourth-order valence-corrected chi connectivity index (χ4v) is 1.30. The zero-order valence-corrected chi connectivity index (χ0v) is 8.13. The minimum Gasteiger partial charge on any atom is -0.262 e. The van der Waals surface area contributed by atoms with Gasteiger partial charge in [-0.05, 0) is 11.6 Å². The van der Waals surface area contributed by atoms with E-state index in [1.807, 2.05) is 0 Å². The van der Waals surface area contributed by atoms with Crippen molar-refractivity contribution in [3.8, 4) is 0 Å². The summed E-state index contributed by atoms with van der Waals surface area (Å²) in [5.74, 6) is -0.258. The first-order valence-electron chi connectivity index (χ1n) is 3.56. The van der Waals surface area contributed by atoms with Crippen molar-refractivity contribution < 1.29 is 4.92 Å². The third kappa shape index (κ3) is 1.92. The monoisotopic (exact) mass is 219 g/mol. The molecule has 1 aromatic carbocycles. The highest BCUT2D eigenvalue weighted by molar-refractivity contribution is 6.29. The van der Waals surface area contributed by atoms with Crippen molar-refractivity contribution in [2.75, 3.05) is 5.88 Å². The number of nitro groups is 1. The van der Waals surface area contributed by atoms with Crippen LogP contribution in [0.1, 0.15) is 5.56 Å². The van der Waals surface area contributed by atoms with Crippen molar-refractivity contribution in [3.63, 3.8) is 0 Å². The maximum atomic E-state index is 10.6. The van der Waals surface area contributed by atoms with Crippen LogP contribution in [0.25, 0.3) is 0 Å². The number of benzene rings is 1. The summed E-state index contributed by atoms with van der Waals surface area (Å²) in [5, 5.41) is 10.6. The summed E-state index contributed by atoms with van der Waals surface area (Å²) in [6.45, 7) is 0. The van der Waals surface area contributed by atoms with Crippen LogP contribution in [0, 0.1) is 10.1 Å². The highest BCUT2D eigenvalue weighted by Gasteiger charge is 2.41. The Kier molecular flexibility index (Phi) is 3.12. The molecule has 1 unspecified atom stereocenters. The van der Waals surface area contributed by atoms with Crippen LogP contribution in [0.5, 0.6) is 0 Å². The first kappa shape index (κ1) is 10.3. The summed E-state index contributed by atoms with van der Waals surface area (Å²) in [6.07, 6.45) is 0. The van der Waals surface area contributed by atoms with Crippen LogP contribution in [-0.4, -0.2) is 10.8 Å². The van der Waals surface area contributed by atoms with E-state index in [1.54, 1.807) is 30.3 Å². The van der Waals surface area contributed by atoms with E-state index in [0.717, 1.165) is 0 Å². The number of hydrogen-bond acceptors (Lipinski definition) is 2. The van der Waals surface area contributed by atoms with Gasteiger partial charge in [-0.2, -0.15) is 0 Å². The number of nitrogens with zero attached hydrogens (tertiary/aromatic N) is 1. The van der Waals surface area contributed by atoms with Gasteiger partial charge in [0, 0.05) is 10.5 Å². The largest absolute Gasteiger partial charge is 0.333 e. The fraction of sp³-hybridized carbons (Fsp3) is 0.250. The van der Waals surface area contributed by atoms with Crippen LogP contribution in [0.4, 0.5) is 0 Å². The Bertz CT molecular complexity index is 304. The molecule has 5 heteroatoms. The zero-order valence-electron chi connectivity index (χ0n) is 6.61. The SMILES string of the molecule is O=[N+]([O-])C(Cl)(CCl)c1ccccc1. The second-order valence-corrected chi connectivity index (χ2v) is 3.41. The minimum atomic E-state index is -1.71. The van der Waals surface area contributed by atoms with Gasteiger partial charge in [0.05, 0.1) is 0 Å². The number of alkyl halides is 2. The van der Waals surface area contributed by atoms with Gasteiger partial charge in [-0.25, -0.2) is 0 Å². The minimum absolute atomic E-state index is 0.258. The molecule has 13 heavy (non-hydrogen) atoms. The first-order chi connectivity index (χ1) is 6.11. The van der Waals surface area contributed by atoms with Gasteiger partial charge in [0.15, 0.2) is 0 Å². The van der Waals surface area contributed by atoms with E-state index >= 15 is 0 Å². The molecule has 0 saturated carbocycles. The maximum absolute atomic E-state index is 10.6. The molecule has 0 radical (unpaired) electrons. The predicted octanol–water partition coefficient (Wildman–Crippen LogP) is 2.59.